The third-order valence-electron chi connectivity index (χ3n) is 6.77. The summed E-state index contributed by atoms with van der Waals surface area (Å²) >= 11 is -1.99. The van der Waals surface area contributed by atoms with E-state index in [0.29, 0.717) is 0 Å². The molecule has 0 N–H and O–H groups in total. The maximum atomic E-state index is 6.41. The van der Waals surface area contributed by atoms with Crippen LogP contribution in [0.3, 0.4) is 0 Å². The molecule has 3 heteroatoms. The van der Waals surface area contributed by atoms with E-state index >= 15 is 0 Å². The molecule has 0 spiro atoms. The summed E-state index contributed by atoms with van der Waals surface area (Å²) in [5.74, 6) is 7.32. The molecule has 2 aromatic heterocycles. The predicted molar refractivity (Wildman–Crippen MR) is 148 cm³/mol. The van der Waals surface area contributed by atoms with Gasteiger partial charge in [0, 0.05) is 0 Å². The molecule has 0 aliphatic rings. The Morgan fingerprint density at radius 2 is 1.47 bits per heavy atom. The number of benzene rings is 4. The number of furan rings is 1. The van der Waals surface area contributed by atoms with Crippen molar-refractivity contribution >= 4 is 50.5 Å². The van der Waals surface area contributed by atoms with E-state index in [1.54, 1.807) is 0 Å². The zero-order chi connectivity index (χ0) is 23.4. The summed E-state index contributed by atoms with van der Waals surface area (Å²) in [7, 11) is 0. The average molecular weight is 502 g/mol. The second-order valence-corrected chi connectivity index (χ2v) is 20.8. The Bertz CT molecular complexity index is 1690. The van der Waals surface area contributed by atoms with Gasteiger partial charge in [-0.1, -0.05) is 0 Å². The molecule has 0 radical (unpaired) electrons. The Labute approximate surface area is 202 Å². The molecule has 0 aliphatic carbocycles. The van der Waals surface area contributed by atoms with Gasteiger partial charge in [0.05, 0.1) is 0 Å². The van der Waals surface area contributed by atoms with Crippen molar-refractivity contribution in [3.8, 4) is 22.4 Å². The molecule has 0 amide bonds. The molecule has 0 bridgehead atoms. The Balaban J connectivity index is 1.68. The summed E-state index contributed by atoms with van der Waals surface area (Å²) < 4.78 is 7.90. The fourth-order valence-electron chi connectivity index (χ4n) is 4.88. The van der Waals surface area contributed by atoms with E-state index in [1.807, 2.05) is 12.1 Å². The molecule has 2 heterocycles. The van der Waals surface area contributed by atoms with E-state index in [1.165, 1.54) is 31.9 Å². The molecule has 0 saturated heterocycles. The van der Waals surface area contributed by atoms with Crippen LogP contribution in [0.15, 0.2) is 95.4 Å². The fraction of sp³-hybridized carbons (Fsp3) is 0.129. The van der Waals surface area contributed by atoms with Gasteiger partial charge in [-0.2, -0.15) is 0 Å². The first-order valence-corrected chi connectivity index (χ1v) is 19.2. The number of pyridine rings is 1. The van der Waals surface area contributed by atoms with Crippen molar-refractivity contribution in [3.63, 3.8) is 0 Å². The van der Waals surface area contributed by atoms with Gasteiger partial charge in [0.1, 0.15) is 0 Å². The quantitative estimate of drug-likeness (QED) is 0.228. The predicted octanol–water partition coefficient (Wildman–Crippen LogP) is 8.32. The summed E-state index contributed by atoms with van der Waals surface area (Å²) in [5, 5.41) is 3.55. The minimum atomic E-state index is -1.99. The summed E-state index contributed by atoms with van der Waals surface area (Å²) in [4.78, 5) is 5.17. The Morgan fingerprint density at radius 1 is 0.706 bits per heavy atom. The third kappa shape index (κ3) is 3.45. The van der Waals surface area contributed by atoms with Crippen molar-refractivity contribution in [2.24, 2.45) is 0 Å². The Hall–Kier alpha value is -3.37. The van der Waals surface area contributed by atoms with Crippen molar-refractivity contribution in [1.82, 2.24) is 4.98 Å². The number of para-hydroxylation sites is 1. The van der Waals surface area contributed by atoms with Gasteiger partial charge >= 0.3 is 203 Å². The van der Waals surface area contributed by atoms with Gasteiger partial charge in [-0.3, -0.25) is 0 Å². The number of fused-ring (bicyclic) bond motifs is 4. The van der Waals surface area contributed by atoms with E-state index in [2.05, 4.69) is 103 Å². The molecule has 0 aliphatic heterocycles. The first kappa shape index (κ1) is 21.2. The van der Waals surface area contributed by atoms with Crippen LogP contribution >= 0.6 is 0 Å². The van der Waals surface area contributed by atoms with E-state index in [-0.39, 0.29) is 0 Å². The number of rotatable bonds is 3. The Kier molecular flexibility index (Phi) is 4.89. The molecule has 0 unspecified atom stereocenters. The van der Waals surface area contributed by atoms with Crippen molar-refractivity contribution in [2.75, 3.05) is 0 Å². The maximum absolute atomic E-state index is 6.41. The monoisotopic (exact) mass is 503 g/mol. The van der Waals surface area contributed by atoms with Crippen molar-refractivity contribution in [2.45, 2.75) is 24.2 Å². The van der Waals surface area contributed by atoms with E-state index in [9.17, 15) is 0 Å². The summed E-state index contributed by atoms with van der Waals surface area (Å²) in [6, 6.07) is 32.4. The van der Waals surface area contributed by atoms with Gasteiger partial charge in [0.15, 0.2) is 0 Å². The average Bonchev–Trinajstić information content (AvgIpc) is 3.24. The van der Waals surface area contributed by atoms with Crippen LogP contribution in [0.25, 0.3) is 55.2 Å². The summed E-state index contributed by atoms with van der Waals surface area (Å²) in [6.45, 7) is 2.15. The van der Waals surface area contributed by atoms with Crippen LogP contribution < -0.4 is 4.40 Å². The van der Waals surface area contributed by atoms with Gasteiger partial charge in [0.2, 0.25) is 0 Å². The molecule has 166 valence electrons. The van der Waals surface area contributed by atoms with E-state index in [0.717, 1.165) is 33.3 Å². The number of nitrogens with zero attached hydrogens (tertiary/aromatic N) is 1. The second-order valence-electron chi connectivity index (χ2n) is 10.1. The number of hydrogen-bond acceptors (Lipinski definition) is 2. The molecule has 0 fully saturated rings. The molecule has 0 saturated carbocycles. The molecule has 6 aromatic rings. The topological polar surface area (TPSA) is 26.0 Å². The molecule has 34 heavy (non-hydrogen) atoms. The first-order valence-electron chi connectivity index (χ1n) is 11.8. The summed E-state index contributed by atoms with van der Waals surface area (Å²) in [6.07, 6.45) is 0. The van der Waals surface area contributed by atoms with Crippen molar-refractivity contribution in [1.29, 1.82) is 0 Å². The zero-order valence-corrected chi connectivity index (χ0v) is 22.1. The van der Waals surface area contributed by atoms with Gasteiger partial charge in [-0.15, -0.1) is 0 Å². The Morgan fingerprint density at radius 3 is 2.26 bits per heavy atom. The SMILES string of the molecule is Cc1ccc(-c2cc(-c3ccccc3)c3c[c]([Ge]([CH3])([CH3])[CH3])ccc3n2)c2oc3ccccc3c12. The fourth-order valence-corrected chi connectivity index (χ4v) is 7.32. The van der Waals surface area contributed by atoms with Crippen molar-refractivity contribution in [3.05, 3.63) is 96.6 Å². The van der Waals surface area contributed by atoms with Gasteiger partial charge in [0.25, 0.3) is 0 Å². The standard InChI is InChI=1S/C31H27GeNO/c1-20-14-16-23(31-30(20)24-12-8-9-13-29(24)34-31)28-19-25(21-10-6-5-7-11-21)26-18-22(32(2,3)4)15-17-27(26)33-28/h5-19H,1-4H3. The zero-order valence-electron chi connectivity index (χ0n) is 20.0. The van der Waals surface area contributed by atoms with Gasteiger partial charge in [-0.25, -0.2) is 0 Å². The first-order chi connectivity index (χ1) is 16.4. The second kappa shape index (κ2) is 7.85. The van der Waals surface area contributed by atoms with Crippen LogP contribution in [0.4, 0.5) is 0 Å². The van der Waals surface area contributed by atoms with Crippen LogP contribution in [0.2, 0.25) is 17.3 Å². The van der Waals surface area contributed by atoms with Crippen LogP contribution in [0.1, 0.15) is 5.56 Å². The molecule has 0 atom stereocenters. The minimum absolute atomic E-state index is 0.911. The van der Waals surface area contributed by atoms with Gasteiger partial charge in [-0.05, 0) is 0 Å². The number of aryl methyl sites for hydroxylation is 1. The molecule has 6 rings (SSSR count). The van der Waals surface area contributed by atoms with Crippen LogP contribution in [-0.2, 0) is 0 Å². The molecular formula is C31H27GeNO. The number of aromatic nitrogens is 1. The normalized spacial score (nSPS) is 12.1. The van der Waals surface area contributed by atoms with Crippen LogP contribution in [0, 0.1) is 6.92 Å². The number of hydrogen-bond donors (Lipinski definition) is 0. The van der Waals surface area contributed by atoms with Gasteiger partial charge < -0.3 is 0 Å². The molecule has 4 aromatic carbocycles. The van der Waals surface area contributed by atoms with E-state index in [4.69, 9.17) is 9.40 Å². The molecule has 2 nitrogen and oxygen atoms in total. The molecular weight excluding hydrogens is 475 g/mol. The third-order valence-corrected chi connectivity index (χ3v) is 11.1. The van der Waals surface area contributed by atoms with Crippen LogP contribution in [-0.4, -0.2) is 18.3 Å². The van der Waals surface area contributed by atoms with Crippen LogP contribution in [0.5, 0.6) is 0 Å². The van der Waals surface area contributed by atoms with Crippen molar-refractivity contribution < 1.29 is 4.42 Å². The van der Waals surface area contributed by atoms with E-state index < -0.39 is 13.3 Å². The summed E-state index contributed by atoms with van der Waals surface area (Å²) in [5.41, 5.74) is 8.48.